The van der Waals surface area contributed by atoms with Gasteiger partial charge in [-0.15, -0.1) is 0 Å². The second-order valence-corrected chi connectivity index (χ2v) is 7.16. The van der Waals surface area contributed by atoms with Crippen molar-refractivity contribution in [2.75, 3.05) is 20.8 Å². The van der Waals surface area contributed by atoms with Gasteiger partial charge in [-0.1, -0.05) is 30.3 Å². The van der Waals surface area contributed by atoms with Gasteiger partial charge in [0.05, 0.1) is 14.2 Å². The van der Waals surface area contributed by atoms with Crippen molar-refractivity contribution in [1.82, 2.24) is 4.90 Å². The van der Waals surface area contributed by atoms with E-state index in [1.807, 2.05) is 24.3 Å². The first kappa shape index (κ1) is 23.6. The van der Waals surface area contributed by atoms with Crippen molar-refractivity contribution in [3.63, 3.8) is 0 Å². The molecule has 0 heterocycles. The minimum atomic E-state index is -1.34. The molecule has 0 saturated carbocycles. The number of aromatic carboxylic acids is 1. The van der Waals surface area contributed by atoms with Crippen LogP contribution in [0.5, 0.6) is 17.2 Å². The fourth-order valence-electron chi connectivity index (χ4n) is 3.18. The summed E-state index contributed by atoms with van der Waals surface area (Å²) in [5.74, 6) is -1.70. The van der Waals surface area contributed by atoms with Gasteiger partial charge in [0.1, 0.15) is 17.1 Å². The van der Waals surface area contributed by atoms with Crippen molar-refractivity contribution in [3.8, 4) is 17.2 Å². The number of rotatable bonds is 10. The molecule has 0 radical (unpaired) electrons. The molecule has 3 aromatic rings. The lowest BCUT2D eigenvalue weighted by Crippen LogP contribution is -2.34. The minimum absolute atomic E-state index is 0.265. The Bertz CT molecular complexity index is 1050. The van der Waals surface area contributed by atoms with Crippen LogP contribution in [0.25, 0.3) is 0 Å². The number of carbonyl (C=O) groups excluding carboxylic acids is 1. The summed E-state index contributed by atoms with van der Waals surface area (Å²) < 4.78 is 29.8. The number of hydrogen-bond acceptors (Lipinski definition) is 5. The van der Waals surface area contributed by atoms with E-state index in [0.717, 1.165) is 17.2 Å². The van der Waals surface area contributed by atoms with Gasteiger partial charge in [0.25, 0.3) is 5.91 Å². The Morgan fingerprint density at radius 1 is 0.848 bits per heavy atom. The summed E-state index contributed by atoms with van der Waals surface area (Å²) in [5.41, 5.74) is 1.37. The number of para-hydroxylation sites is 1. The van der Waals surface area contributed by atoms with E-state index >= 15 is 0 Å². The number of benzene rings is 3. The molecule has 0 spiro atoms. The zero-order chi connectivity index (χ0) is 23.8. The van der Waals surface area contributed by atoms with Gasteiger partial charge in [-0.3, -0.25) is 4.79 Å². The SMILES string of the molecule is COc1ccc(CN(Cc2ccc(OC)cc2)C(=O)COc2c(F)cccc2C(=O)O)cc1. The van der Waals surface area contributed by atoms with Gasteiger partial charge in [-0.2, -0.15) is 0 Å². The Hall–Kier alpha value is -4.07. The first-order valence-electron chi connectivity index (χ1n) is 10.1. The van der Waals surface area contributed by atoms with E-state index in [4.69, 9.17) is 14.2 Å². The molecule has 0 aromatic heterocycles. The van der Waals surface area contributed by atoms with Crippen LogP contribution in [-0.4, -0.2) is 42.7 Å². The Labute approximate surface area is 190 Å². The fourth-order valence-corrected chi connectivity index (χ4v) is 3.18. The topological polar surface area (TPSA) is 85.3 Å². The molecule has 0 unspecified atom stereocenters. The summed E-state index contributed by atoms with van der Waals surface area (Å²) in [6.45, 7) is 0.01000. The highest BCUT2D eigenvalue weighted by molar-refractivity contribution is 5.91. The molecule has 3 aromatic carbocycles. The minimum Gasteiger partial charge on any atom is -0.497 e. The number of methoxy groups -OCH3 is 2. The van der Waals surface area contributed by atoms with E-state index in [2.05, 4.69) is 0 Å². The normalized spacial score (nSPS) is 10.4. The molecule has 0 aliphatic rings. The lowest BCUT2D eigenvalue weighted by molar-refractivity contribution is -0.134. The van der Waals surface area contributed by atoms with E-state index < -0.39 is 30.1 Å². The molecular formula is C25H24FNO6. The lowest BCUT2D eigenvalue weighted by Gasteiger charge is -2.24. The number of carboxylic acid groups (broad SMARTS) is 1. The zero-order valence-electron chi connectivity index (χ0n) is 18.3. The van der Waals surface area contributed by atoms with Crippen LogP contribution >= 0.6 is 0 Å². The van der Waals surface area contributed by atoms with Crippen LogP contribution < -0.4 is 14.2 Å². The number of nitrogens with zero attached hydrogens (tertiary/aromatic N) is 1. The summed E-state index contributed by atoms with van der Waals surface area (Å²) in [4.78, 5) is 26.0. The number of halogens is 1. The van der Waals surface area contributed by atoms with Gasteiger partial charge in [0.2, 0.25) is 0 Å². The predicted molar refractivity (Wildman–Crippen MR) is 119 cm³/mol. The van der Waals surface area contributed by atoms with Gasteiger partial charge >= 0.3 is 5.97 Å². The maximum absolute atomic E-state index is 14.2. The van der Waals surface area contributed by atoms with Gasteiger partial charge in [0, 0.05) is 13.1 Å². The van der Waals surface area contributed by atoms with Crippen LogP contribution in [-0.2, 0) is 17.9 Å². The number of hydrogen-bond donors (Lipinski definition) is 1. The molecule has 33 heavy (non-hydrogen) atoms. The van der Waals surface area contributed by atoms with Crippen molar-refractivity contribution in [3.05, 3.63) is 89.2 Å². The first-order valence-corrected chi connectivity index (χ1v) is 10.1. The summed E-state index contributed by atoms with van der Waals surface area (Å²) in [5, 5.41) is 9.28. The van der Waals surface area contributed by atoms with Crippen molar-refractivity contribution in [2.24, 2.45) is 0 Å². The van der Waals surface area contributed by atoms with Crippen LogP contribution in [0.3, 0.4) is 0 Å². The van der Waals surface area contributed by atoms with Crippen LogP contribution in [0.4, 0.5) is 4.39 Å². The van der Waals surface area contributed by atoms with Crippen molar-refractivity contribution < 1.29 is 33.3 Å². The van der Waals surface area contributed by atoms with Crippen LogP contribution in [0.2, 0.25) is 0 Å². The molecule has 0 saturated heterocycles. The molecule has 0 aliphatic heterocycles. The molecule has 7 nitrogen and oxygen atoms in total. The van der Waals surface area contributed by atoms with Gasteiger partial charge in [-0.05, 0) is 47.5 Å². The Kier molecular flexibility index (Phi) is 7.86. The summed E-state index contributed by atoms with van der Waals surface area (Å²) in [6.07, 6.45) is 0. The first-order chi connectivity index (χ1) is 15.9. The molecule has 0 aliphatic carbocycles. The molecule has 0 fully saturated rings. The third kappa shape index (κ3) is 6.22. The Morgan fingerprint density at radius 2 is 1.36 bits per heavy atom. The number of amides is 1. The second-order valence-electron chi connectivity index (χ2n) is 7.16. The third-order valence-corrected chi connectivity index (χ3v) is 4.96. The van der Waals surface area contributed by atoms with Crippen molar-refractivity contribution >= 4 is 11.9 Å². The van der Waals surface area contributed by atoms with Gasteiger partial charge in [0.15, 0.2) is 18.2 Å². The zero-order valence-corrected chi connectivity index (χ0v) is 18.3. The van der Waals surface area contributed by atoms with E-state index in [9.17, 15) is 19.1 Å². The molecule has 3 rings (SSSR count). The monoisotopic (exact) mass is 453 g/mol. The van der Waals surface area contributed by atoms with Crippen molar-refractivity contribution in [2.45, 2.75) is 13.1 Å². The maximum Gasteiger partial charge on any atom is 0.339 e. The molecular weight excluding hydrogens is 429 g/mol. The Morgan fingerprint density at radius 3 is 1.82 bits per heavy atom. The smallest absolute Gasteiger partial charge is 0.339 e. The highest BCUT2D eigenvalue weighted by atomic mass is 19.1. The Balaban J connectivity index is 1.79. The van der Waals surface area contributed by atoms with Gasteiger partial charge in [-0.25, -0.2) is 9.18 Å². The molecule has 1 amide bonds. The average molecular weight is 453 g/mol. The van der Waals surface area contributed by atoms with E-state index in [1.165, 1.54) is 12.1 Å². The summed E-state index contributed by atoms with van der Waals surface area (Å²) in [6, 6.07) is 18.1. The standard InChI is InChI=1S/C25H24FNO6/c1-31-19-10-6-17(7-11-19)14-27(15-18-8-12-20(32-2)13-9-18)23(28)16-33-24-21(25(29)30)4-3-5-22(24)26/h3-13H,14-16H2,1-2H3,(H,29,30). The number of ether oxygens (including phenoxy) is 3. The maximum atomic E-state index is 14.2. The van der Waals surface area contributed by atoms with Crippen LogP contribution in [0.1, 0.15) is 21.5 Å². The van der Waals surface area contributed by atoms with Crippen molar-refractivity contribution in [1.29, 1.82) is 0 Å². The molecule has 0 bridgehead atoms. The largest absolute Gasteiger partial charge is 0.497 e. The molecule has 0 atom stereocenters. The second kappa shape index (κ2) is 11.0. The fraction of sp³-hybridized carbons (Fsp3) is 0.200. The average Bonchev–Trinajstić information content (AvgIpc) is 2.83. The molecule has 1 N–H and O–H groups in total. The highest BCUT2D eigenvalue weighted by Gasteiger charge is 2.20. The quantitative estimate of drug-likeness (QED) is 0.497. The predicted octanol–water partition coefficient (Wildman–Crippen LogP) is 4.15. The van der Waals surface area contributed by atoms with Crippen LogP contribution in [0, 0.1) is 5.82 Å². The summed E-state index contributed by atoms with van der Waals surface area (Å²) >= 11 is 0. The van der Waals surface area contributed by atoms with E-state index in [-0.39, 0.29) is 18.7 Å². The number of carbonyl (C=O) groups is 2. The van der Waals surface area contributed by atoms with Gasteiger partial charge < -0.3 is 24.2 Å². The molecule has 172 valence electrons. The third-order valence-electron chi connectivity index (χ3n) is 4.96. The lowest BCUT2D eigenvalue weighted by atomic mass is 10.1. The van der Waals surface area contributed by atoms with E-state index in [1.54, 1.807) is 43.4 Å². The summed E-state index contributed by atoms with van der Waals surface area (Å²) in [7, 11) is 3.14. The molecule has 8 heteroatoms. The van der Waals surface area contributed by atoms with Crippen LogP contribution in [0.15, 0.2) is 66.7 Å². The number of carboxylic acids is 1. The van der Waals surface area contributed by atoms with E-state index in [0.29, 0.717) is 11.5 Å². The highest BCUT2D eigenvalue weighted by Crippen LogP contribution is 2.23.